The standard InChI is InChI=1S/C19H19F2NO3/c1-11-5-4-6-15(12(11)2)19(24)25-10-18(23)22-13(3)16-8-7-14(20)9-17(16)21/h4-9,13H,10H2,1-3H3,(H,22,23)/t13-/m0/s1. The van der Waals surface area contributed by atoms with E-state index in [1.807, 2.05) is 13.0 Å². The average molecular weight is 347 g/mol. The van der Waals surface area contributed by atoms with E-state index in [9.17, 15) is 18.4 Å². The van der Waals surface area contributed by atoms with Crippen LogP contribution < -0.4 is 5.32 Å². The van der Waals surface area contributed by atoms with Gasteiger partial charge in [-0.3, -0.25) is 4.79 Å². The second-order valence-corrected chi connectivity index (χ2v) is 5.78. The molecule has 2 aromatic carbocycles. The number of carbonyl (C=O) groups excluding carboxylic acids is 2. The molecule has 2 rings (SSSR count). The van der Waals surface area contributed by atoms with Crippen LogP contribution in [0.4, 0.5) is 8.78 Å². The quantitative estimate of drug-likeness (QED) is 0.841. The molecule has 132 valence electrons. The molecule has 1 amide bonds. The summed E-state index contributed by atoms with van der Waals surface area (Å²) in [5.74, 6) is -2.62. The maximum Gasteiger partial charge on any atom is 0.338 e. The average Bonchev–Trinajstić information content (AvgIpc) is 2.55. The van der Waals surface area contributed by atoms with Gasteiger partial charge in [0, 0.05) is 11.6 Å². The first-order valence-corrected chi connectivity index (χ1v) is 7.77. The van der Waals surface area contributed by atoms with Crippen molar-refractivity contribution in [2.45, 2.75) is 26.8 Å². The van der Waals surface area contributed by atoms with Crippen LogP contribution in [-0.2, 0) is 9.53 Å². The second-order valence-electron chi connectivity index (χ2n) is 5.78. The summed E-state index contributed by atoms with van der Waals surface area (Å²) in [5, 5.41) is 2.51. The smallest absolute Gasteiger partial charge is 0.338 e. The highest BCUT2D eigenvalue weighted by Crippen LogP contribution is 2.18. The summed E-state index contributed by atoms with van der Waals surface area (Å²) in [6.07, 6.45) is 0. The highest BCUT2D eigenvalue weighted by atomic mass is 19.1. The van der Waals surface area contributed by atoms with Crippen LogP contribution >= 0.6 is 0 Å². The molecular formula is C19H19F2NO3. The van der Waals surface area contributed by atoms with Crippen LogP contribution in [-0.4, -0.2) is 18.5 Å². The number of hydrogen-bond acceptors (Lipinski definition) is 3. The molecular weight excluding hydrogens is 328 g/mol. The first-order valence-electron chi connectivity index (χ1n) is 7.77. The first kappa shape index (κ1) is 18.6. The van der Waals surface area contributed by atoms with Gasteiger partial charge >= 0.3 is 5.97 Å². The Labute approximate surface area is 144 Å². The highest BCUT2D eigenvalue weighted by Gasteiger charge is 2.17. The zero-order valence-corrected chi connectivity index (χ0v) is 14.2. The van der Waals surface area contributed by atoms with E-state index < -0.39 is 36.2 Å². The largest absolute Gasteiger partial charge is 0.452 e. The maximum atomic E-state index is 13.7. The van der Waals surface area contributed by atoms with Gasteiger partial charge in [-0.05, 0) is 44.0 Å². The number of hydrogen-bond donors (Lipinski definition) is 1. The van der Waals surface area contributed by atoms with Gasteiger partial charge in [0.05, 0.1) is 11.6 Å². The van der Waals surface area contributed by atoms with Gasteiger partial charge in [0.15, 0.2) is 6.61 Å². The topological polar surface area (TPSA) is 55.4 Å². The number of carbonyl (C=O) groups is 2. The summed E-state index contributed by atoms with van der Waals surface area (Å²) in [7, 11) is 0. The third-order valence-electron chi connectivity index (χ3n) is 3.97. The van der Waals surface area contributed by atoms with Crippen molar-refractivity contribution < 1.29 is 23.1 Å². The number of aryl methyl sites for hydroxylation is 1. The van der Waals surface area contributed by atoms with Crippen LogP contribution in [0.25, 0.3) is 0 Å². The van der Waals surface area contributed by atoms with Crippen LogP contribution in [0.15, 0.2) is 36.4 Å². The lowest BCUT2D eigenvalue weighted by atomic mass is 10.0. The Morgan fingerprint density at radius 3 is 2.56 bits per heavy atom. The highest BCUT2D eigenvalue weighted by molar-refractivity contribution is 5.93. The zero-order valence-electron chi connectivity index (χ0n) is 14.2. The van der Waals surface area contributed by atoms with Gasteiger partial charge in [-0.15, -0.1) is 0 Å². The number of amides is 1. The third-order valence-corrected chi connectivity index (χ3v) is 3.97. The van der Waals surface area contributed by atoms with E-state index in [-0.39, 0.29) is 5.56 Å². The minimum absolute atomic E-state index is 0.149. The van der Waals surface area contributed by atoms with Crippen molar-refractivity contribution in [3.63, 3.8) is 0 Å². The Balaban J connectivity index is 1.94. The molecule has 0 fully saturated rings. The predicted molar refractivity (Wildman–Crippen MR) is 89.1 cm³/mol. The number of rotatable bonds is 5. The molecule has 0 spiro atoms. The van der Waals surface area contributed by atoms with Crippen molar-refractivity contribution >= 4 is 11.9 Å². The molecule has 4 nitrogen and oxygen atoms in total. The lowest BCUT2D eigenvalue weighted by Gasteiger charge is -2.15. The van der Waals surface area contributed by atoms with Gasteiger partial charge < -0.3 is 10.1 Å². The van der Waals surface area contributed by atoms with E-state index in [0.717, 1.165) is 23.3 Å². The Bertz CT molecular complexity index is 805. The van der Waals surface area contributed by atoms with Crippen molar-refractivity contribution in [3.8, 4) is 0 Å². The molecule has 1 N–H and O–H groups in total. The molecule has 0 aliphatic rings. The Kier molecular flexibility index (Phi) is 5.85. The van der Waals surface area contributed by atoms with Crippen molar-refractivity contribution in [2.75, 3.05) is 6.61 Å². The number of benzene rings is 2. The molecule has 25 heavy (non-hydrogen) atoms. The number of ether oxygens (including phenoxy) is 1. The molecule has 0 saturated carbocycles. The summed E-state index contributed by atoms with van der Waals surface area (Å²) in [4.78, 5) is 24.0. The minimum atomic E-state index is -0.750. The van der Waals surface area contributed by atoms with Gasteiger partial charge in [-0.1, -0.05) is 18.2 Å². The van der Waals surface area contributed by atoms with Gasteiger partial charge in [0.2, 0.25) is 0 Å². The van der Waals surface area contributed by atoms with Gasteiger partial charge in [-0.2, -0.15) is 0 Å². The van der Waals surface area contributed by atoms with Crippen LogP contribution in [0.2, 0.25) is 0 Å². The second kappa shape index (κ2) is 7.88. The molecule has 2 aromatic rings. The van der Waals surface area contributed by atoms with Crippen molar-refractivity contribution in [3.05, 3.63) is 70.3 Å². The monoisotopic (exact) mass is 347 g/mol. The molecule has 6 heteroatoms. The van der Waals surface area contributed by atoms with E-state index >= 15 is 0 Å². The molecule has 0 aromatic heterocycles. The SMILES string of the molecule is Cc1cccc(C(=O)OCC(=O)N[C@@H](C)c2ccc(F)cc2F)c1C. The fourth-order valence-corrected chi connectivity index (χ4v) is 2.39. The third kappa shape index (κ3) is 4.62. The van der Waals surface area contributed by atoms with Crippen molar-refractivity contribution in [2.24, 2.45) is 0 Å². The Hall–Kier alpha value is -2.76. The maximum absolute atomic E-state index is 13.7. The minimum Gasteiger partial charge on any atom is -0.452 e. The van der Waals surface area contributed by atoms with E-state index in [2.05, 4.69) is 5.32 Å². The molecule has 0 saturated heterocycles. The Morgan fingerprint density at radius 2 is 1.88 bits per heavy atom. The van der Waals surface area contributed by atoms with Gasteiger partial charge in [-0.25, -0.2) is 13.6 Å². The summed E-state index contributed by atoms with van der Waals surface area (Å²) in [6, 6.07) is 7.67. The van der Waals surface area contributed by atoms with Crippen LogP contribution in [0.5, 0.6) is 0 Å². The van der Waals surface area contributed by atoms with Crippen molar-refractivity contribution in [1.82, 2.24) is 5.32 Å². The molecule has 1 atom stereocenters. The summed E-state index contributed by atoms with van der Waals surface area (Å²) < 4.78 is 31.6. The number of esters is 1. The van der Waals surface area contributed by atoms with Crippen molar-refractivity contribution in [1.29, 1.82) is 0 Å². The summed E-state index contributed by atoms with van der Waals surface area (Å²) in [6.45, 7) is 4.74. The number of nitrogens with one attached hydrogen (secondary N) is 1. The lowest BCUT2D eigenvalue weighted by Crippen LogP contribution is -2.31. The van der Waals surface area contributed by atoms with E-state index in [1.165, 1.54) is 6.07 Å². The molecule has 0 aliphatic heterocycles. The lowest BCUT2D eigenvalue weighted by molar-refractivity contribution is -0.124. The first-order chi connectivity index (χ1) is 11.8. The van der Waals surface area contributed by atoms with Gasteiger partial charge in [0.25, 0.3) is 5.91 Å². The van der Waals surface area contributed by atoms with Crippen LogP contribution in [0.3, 0.4) is 0 Å². The van der Waals surface area contributed by atoms with Crippen LogP contribution in [0.1, 0.15) is 40.0 Å². The molecule has 0 aliphatic carbocycles. The van der Waals surface area contributed by atoms with E-state index in [1.54, 1.807) is 26.0 Å². The normalized spacial score (nSPS) is 11.7. The molecule has 0 bridgehead atoms. The Morgan fingerprint density at radius 1 is 1.16 bits per heavy atom. The van der Waals surface area contributed by atoms with Gasteiger partial charge in [0.1, 0.15) is 11.6 Å². The summed E-state index contributed by atoms with van der Waals surface area (Å²) >= 11 is 0. The molecule has 0 heterocycles. The zero-order chi connectivity index (χ0) is 18.6. The fourth-order valence-electron chi connectivity index (χ4n) is 2.39. The predicted octanol–water partition coefficient (Wildman–Crippen LogP) is 3.62. The summed E-state index contributed by atoms with van der Waals surface area (Å²) in [5.41, 5.74) is 2.27. The van der Waals surface area contributed by atoms with E-state index in [4.69, 9.17) is 4.74 Å². The van der Waals surface area contributed by atoms with Crippen LogP contribution in [0, 0.1) is 25.5 Å². The molecule has 0 radical (unpaired) electrons. The molecule has 0 unspecified atom stereocenters. The fraction of sp³-hybridized carbons (Fsp3) is 0.263. The number of halogens is 2. The van der Waals surface area contributed by atoms with E-state index in [0.29, 0.717) is 5.56 Å².